The van der Waals surface area contributed by atoms with Crippen molar-refractivity contribution in [3.05, 3.63) is 17.7 Å². The van der Waals surface area contributed by atoms with Crippen molar-refractivity contribution >= 4 is 5.91 Å². The van der Waals surface area contributed by atoms with E-state index in [1.54, 1.807) is 14.2 Å². The average Bonchev–Trinajstić information content (AvgIpc) is 2.97. The van der Waals surface area contributed by atoms with Crippen molar-refractivity contribution in [1.29, 1.82) is 0 Å². The molecule has 0 heterocycles. The third-order valence-electron chi connectivity index (χ3n) is 7.23. The lowest BCUT2D eigenvalue weighted by Gasteiger charge is -2.39. The molecule has 0 spiro atoms. The predicted molar refractivity (Wildman–Crippen MR) is 104 cm³/mol. The lowest BCUT2D eigenvalue weighted by atomic mass is 9.69. The Kier molecular flexibility index (Phi) is 5.30. The fourth-order valence-corrected chi connectivity index (χ4v) is 5.08. The minimum Gasteiger partial charge on any atom is -0.493 e. The summed E-state index contributed by atoms with van der Waals surface area (Å²) in [4.78, 5) is 11.0. The molecule has 3 rings (SSSR count). The fourth-order valence-electron chi connectivity index (χ4n) is 5.08. The summed E-state index contributed by atoms with van der Waals surface area (Å²) in [6.07, 6.45) is 3.86. The highest BCUT2D eigenvalue weighted by molar-refractivity contribution is 5.75. The third-order valence-corrected chi connectivity index (χ3v) is 7.23. The topological polar surface area (TPSA) is 82.8 Å². The van der Waals surface area contributed by atoms with Crippen molar-refractivity contribution in [2.45, 2.75) is 52.6 Å². The molecule has 0 saturated heterocycles. The molecule has 2 bridgehead atoms. The summed E-state index contributed by atoms with van der Waals surface area (Å²) in [7, 11) is 3.14. The van der Waals surface area contributed by atoms with E-state index in [0.29, 0.717) is 34.1 Å². The van der Waals surface area contributed by atoms with Gasteiger partial charge in [-0.05, 0) is 53.7 Å². The Hall–Kier alpha value is -1.95. The molecule has 3 atom stereocenters. The number of ether oxygens (including phenoxy) is 3. The van der Waals surface area contributed by atoms with Gasteiger partial charge in [0.05, 0.1) is 14.2 Å². The van der Waals surface area contributed by atoms with Crippen LogP contribution < -0.4 is 25.3 Å². The van der Waals surface area contributed by atoms with E-state index in [4.69, 9.17) is 19.9 Å². The van der Waals surface area contributed by atoms with Crippen LogP contribution in [0.5, 0.6) is 17.2 Å². The molecule has 6 heteroatoms. The summed E-state index contributed by atoms with van der Waals surface area (Å²) in [5, 5.41) is 3.77. The maximum absolute atomic E-state index is 11.0. The zero-order valence-electron chi connectivity index (χ0n) is 17.1. The second-order valence-corrected chi connectivity index (χ2v) is 8.63. The Labute approximate surface area is 161 Å². The van der Waals surface area contributed by atoms with Crippen molar-refractivity contribution in [2.24, 2.45) is 22.5 Å². The van der Waals surface area contributed by atoms with Crippen molar-refractivity contribution in [3.63, 3.8) is 0 Å². The van der Waals surface area contributed by atoms with Crippen LogP contribution in [0.2, 0.25) is 0 Å². The zero-order valence-corrected chi connectivity index (χ0v) is 17.1. The molecular weight excluding hydrogens is 344 g/mol. The van der Waals surface area contributed by atoms with Gasteiger partial charge in [0.15, 0.2) is 18.1 Å². The monoisotopic (exact) mass is 376 g/mol. The molecule has 0 aliphatic heterocycles. The van der Waals surface area contributed by atoms with Gasteiger partial charge in [0.25, 0.3) is 5.91 Å². The number of carbonyl (C=O) groups excluding carboxylic acids is 1. The van der Waals surface area contributed by atoms with Crippen molar-refractivity contribution in [2.75, 3.05) is 20.8 Å². The zero-order chi connectivity index (χ0) is 19.8. The van der Waals surface area contributed by atoms with Gasteiger partial charge in [0.1, 0.15) is 0 Å². The van der Waals surface area contributed by atoms with Crippen molar-refractivity contribution in [3.8, 4) is 17.2 Å². The van der Waals surface area contributed by atoms with Crippen molar-refractivity contribution < 1.29 is 19.0 Å². The minimum atomic E-state index is -0.544. The number of amides is 1. The number of carbonyl (C=O) groups is 1. The largest absolute Gasteiger partial charge is 0.493 e. The molecule has 2 fully saturated rings. The highest BCUT2D eigenvalue weighted by Crippen LogP contribution is 2.65. The van der Waals surface area contributed by atoms with E-state index in [-0.39, 0.29) is 6.61 Å². The van der Waals surface area contributed by atoms with Gasteiger partial charge in [-0.15, -0.1) is 0 Å². The van der Waals surface area contributed by atoms with E-state index in [9.17, 15) is 4.79 Å². The third kappa shape index (κ3) is 3.35. The van der Waals surface area contributed by atoms with E-state index in [1.165, 1.54) is 19.3 Å². The number of hydrogen-bond acceptors (Lipinski definition) is 5. The van der Waals surface area contributed by atoms with E-state index in [1.807, 2.05) is 12.1 Å². The number of fused-ring (bicyclic) bond motifs is 2. The summed E-state index contributed by atoms with van der Waals surface area (Å²) in [6, 6.07) is 4.35. The van der Waals surface area contributed by atoms with Gasteiger partial charge in [-0.1, -0.05) is 20.8 Å². The first kappa shape index (κ1) is 19.8. The van der Waals surface area contributed by atoms with E-state index < -0.39 is 5.91 Å². The fraction of sp³-hybridized carbons (Fsp3) is 0.667. The van der Waals surface area contributed by atoms with E-state index in [2.05, 4.69) is 26.1 Å². The number of primary amides is 1. The molecule has 150 valence electrons. The Bertz CT molecular complexity index is 693. The maximum atomic E-state index is 11.0. The van der Waals surface area contributed by atoms with Gasteiger partial charge >= 0.3 is 0 Å². The molecule has 2 saturated carbocycles. The molecule has 2 aliphatic carbocycles. The lowest BCUT2D eigenvalue weighted by Crippen LogP contribution is -2.44. The number of benzene rings is 1. The standard InChI is InChI=1S/C21H32N2O4/c1-20(2)14-6-7-21(20,3)17(10-14)23-11-13-8-15(25-4)19(16(9-13)26-5)27-12-18(22)24/h8-9,14,17,23H,6-7,10-12H2,1-5H3,(H2,22,24)/t14-,17+,21-/m1/s1. The summed E-state index contributed by atoms with van der Waals surface area (Å²) in [6.45, 7) is 7.78. The number of nitrogens with one attached hydrogen (secondary N) is 1. The van der Waals surface area contributed by atoms with Gasteiger partial charge in [-0.2, -0.15) is 0 Å². The molecule has 0 aromatic heterocycles. The van der Waals surface area contributed by atoms with Crippen LogP contribution in [0.3, 0.4) is 0 Å². The number of hydrogen-bond donors (Lipinski definition) is 2. The Morgan fingerprint density at radius 2 is 1.85 bits per heavy atom. The van der Waals surface area contributed by atoms with Crippen LogP contribution in [0.1, 0.15) is 45.6 Å². The van der Waals surface area contributed by atoms with Gasteiger partial charge < -0.3 is 25.3 Å². The van der Waals surface area contributed by atoms with Crippen LogP contribution in [0.4, 0.5) is 0 Å². The highest BCUT2D eigenvalue weighted by atomic mass is 16.5. The van der Waals surface area contributed by atoms with Crippen LogP contribution in [-0.4, -0.2) is 32.8 Å². The Balaban J connectivity index is 1.75. The lowest BCUT2D eigenvalue weighted by molar-refractivity contribution is -0.120. The molecule has 0 unspecified atom stereocenters. The Morgan fingerprint density at radius 3 is 2.30 bits per heavy atom. The van der Waals surface area contributed by atoms with Crippen LogP contribution in [0, 0.1) is 16.7 Å². The first-order valence-electron chi connectivity index (χ1n) is 9.62. The number of methoxy groups -OCH3 is 2. The summed E-state index contributed by atoms with van der Waals surface area (Å²) >= 11 is 0. The van der Waals surface area contributed by atoms with Gasteiger partial charge in [-0.25, -0.2) is 0 Å². The molecule has 27 heavy (non-hydrogen) atoms. The average molecular weight is 376 g/mol. The normalized spacial score (nSPS) is 28.2. The molecule has 2 aliphatic rings. The van der Waals surface area contributed by atoms with Crippen LogP contribution in [-0.2, 0) is 11.3 Å². The Morgan fingerprint density at radius 1 is 1.22 bits per heavy atom. The molecular formula is C21H32N2O4. The SMILES string of the molecule is COc1cc(CN[C@H]2C[C@H]3CC[C@@]2(C)C3(C)C)cc(OC)c1OCC(N)=O. The predicted octanol–water partition coefficient (Wildman–Crippen LogP) is 2.87. The quantitative estimate of drug-likeness (QED) is 0.729. The molecule has 1 aromatic rings. The molecule has 1 amide bonds. The van der Waals surface area contributed by atoms with Crippen LogP contribution in [0.25, 0.3) is 0 Å². The van der Waals surface area contributed by atoms with Crippen LogP contribution in [0.15, 0.2) is 12.1 Å². The maximum Gasteiger partial charge on any atom is 0.255 e. The van der Waals surface area contributed by atoms with E-state index >= 15 is 0 Å². The minimum absolute atomic E-state index is 0.221. The molecule has 3 N–H and O–H groups in total. The molecule has 1 aromatic carbocycles. The first-order chi connectivity index (χ1) is 12.7. The highest BCUT2D eigenvalue weighted by Gasteiger charge is 2.60. The van der Waals surface area contributed by atoms with Gasteiger partial charge in [0, 0.05) is 12.6 Å². The second-order valence-electron chi connectivity index (χ2n) is 8.63. The molecule has 0 radical (unpaired) electrons. The van der Waals surface area contributed by atoms with Gasteiger partial charge in [0.2, 0.25) is 5.75 Å². The van der Waals surface area contributed by atoms with Gasteiger partial charge in [-0.3, -0.25) is 4.79 Å². The number of rotatable bonds is 8. The van der Waals surface area contributed by atoms with Crippen molar-refractivity contribution in [1.82, 2.24) is 5.32 Å². The summed E-state index contributed by atoms with van der Waals surface area (Å²) < 4.78 is 16.4. The number of nitrogens with two attached hydrogens (primary N) is 1. The second kappa shape index (κ2) is 7.23. The summed E-state index contributed by atoms with van der Waals surface area (Å²) in [5.74, 6) is 1.72. The summed E-state index contributed by atoms with van der Waals surface area (Å²) in [5.41, 5.74) is 6.95. The first-order valence-corrected chi connectivity index (χ1v) is 9.62. The molecule has 6 nitrogen and oxygen atoms in total. The van der Waals surface area contributed by atoms with Crippen LogP contribution >= 0.6 is 0 Å². The van der Waals surface area contributed by atoms with E-state index in [0.717, 1.165) is 18.0 Å². The smallest absolute Gasteiger partial charge is 0.255 e.